The number of fused-ring (bicyclic) bond motifs is 9. The number of carbonyl (C=O) groups excluding carboxylic acids is 3. The van der Waals surface area contributed by atoms with E-state index in [1.54, 1.807) is 0 Å². The van der Waals surface area contributed by atoms with Gasteiger partial charge in [-0.25, -0.2) is 0 Å². The first-order valence-electron chi connectivity index (χ1n) is 31.1. The highest BCUT2D eigenvalue weighted by Gasteiger charge is 2.63. The Kier molecular flexibility index (Phi) is 15.8. The van der Waals surface area contributed by atoms with E-state index in [1.165, 1.54) is 77.0 Å². The molecular weight excluding hydrogens is 893 g/mol. The highest BCUT2D eigenvalue weighted by Crippen LogP contribution is 2.68. The Bertz CT molecular complexity index is 1730. The molecule has 72 heavy (non-hydrogen) atoms. The predicted molar refractivity (Wildman–Crippen MR) is 288 cm³/mol. The Labute approximate surface area is 440 Å². The van der Waals surface area contributed by atoms with Gasteiger partial charge in [0, 0.05) is 0 Å². The molecule has 0 spiro atoms. The molecule has 0 aromatic carbocycles. The lowest BCUT2D eigenvalue weighted by molar-refractivity contribution is -0.197. The van der Waals surface area contributed by atoms with E-state index in [0.29, 0.717) is 35.5 Å². The van der Waals surface area contributed by atoms with Gasteiger partial charge in [-0.2, -0.15) is 0 Å². The van der Waals surface area contributed by atoms with Crippen molar-refractivity contribution in [2.75, 3.05) is 26.4 Å². The molecule has 18 unspecified atom stereocenters. The van der Waals surface area contributed by atoms with Crippen molar-refractivity contribution in [3.05, 3.63) is 0 Å². The standard InChI is InChI=1S/C65H108O7/c1-41(2)44-16-22-50-47(34-44)19-25-53-59(50,7)28-13-31-62(53,10)56(67)70-38-65(37-66,39-71-57(68)63(11)32-14-29-60(8)51-23-17-45(42(3)4)35-48(51)20-26-54(60)63)40-72-58(69)64(12)33-15-30-61(9)52-24-18-46(43(5)6)36-49(52)21-27-55(61)64/h41-55,66H,13-40H2,1-12H3. The average molecular weight is 1000 g/mol. The summed E-state index contributed by atoms with van der Waals surface area (Å²) in [5.74, 6) is 8.75. The quantitative estimate of drug-likeness (QED) is 0.145. The minimum Gasteiger partial charge on any atom is -0.464 e. The Morgan fingerprint density at radius 3 is 0.958 bits per heavy atom. The number of aliphatic hydroxyl groups is 1. The molecule has 9 aliphatic rings. The molecule has 7 heteroatoms. The number of aliphatic hydroxyl groups excluding tert-OH is 1. The van der Waals surface area contributed by atoms with E-state index in [0.717, 1.165) is 113 Å². The van der Waals surface area contributed by atoms with Crippen molar-refractivity contribution in [1.82, 2.24) is 0 Å². The van der Waals surface area contributed by atoms with Crippen LogP contribution < -0.4 is 0 Å². The second-order valence-electron chi connectivity index (χ2n) is 30.7. The number of hydrogen-bond acceptors (Lipinski definition) is 7. The summed E-state index contributed by atoms with van der Waals surface area (Å²) in [4.78, 5) is 45.2. The van der Waals surface area contributed by atoms with Gasteiger partial charge < -0.3 is 19.3 Å². The maximum atomic E-state index is 15.1. The molecule has 9 rings (SSSR count). The van der Waals surface area contributed by atoms with E-state index in [4.69, 9.17) is 14.2 Å². The molecule has 1 N–H and O–H groups in total. The first kappa shape index (κ1) is 55.1. The first-order valence-corrected chi connectivity index (χ1v) is 31.1. The first-order chi connectivity index (χ1) is 34.0. The molecule has 0 aromatic heterocycles. The van der Waals surface area contributed by atoms with E-state index < -0.39 is 28.3 Å². The molecule has 0 heterocycles. The fourth-order valence-corrected chi connectivity index (χ4v) is 21.6. The van der Waals surface area contributed by atoms with Crippen LogP contribution in [-0.2, 0) is 28.6 Å². The fourth-order valence-electron chi connectivity index (χ4n) is 21.6. The average Bonchev–Trinajstić information content (AvgIpc) is 3.35. The van der Waals surface area contributed by atoms with Gasteiger partial charge in [0.05, 0.1) is 28.3 Å². The van der Waals surface area contributed by atoms with Gasteiger partial charge in [0.2, 0.25) is 0 Å². The molecule has 0 bridgehead atoms. The van der Waals surface area contributed by atoms with Crippen LogP contribution in [0.1, 0.15) is 237 Å². The molecule has 9 aliphatic carbocycles. The van der Waals surface area contributed by atoms with Gasteiger partial charge in [-0.15, -0.1) is 0 Å². The maximum absolute atomic E-state index is 15.1. The zero-order valence-corrected chi connectivity index (χ0v) is 48.4. The zero-order valence-electron chi connectivity index (χ0n) is 48.4. The summed E-state index contributed by atoms with van der Waals surface area (Å²) in [6.45, 7) is 27.5. The van der Waals surface area contributed by atoms with Crippen LogP contribution in [0.25, 0.3) is 0 Å². The monoisotopic (exact) mass is 1000 g/mol. The summed E-state index contributed by atoms with van der Waals surface area (Å²) in [6.07, 6.45) is 27.2. The summed E-state index contributed by atoms with van der Waals surface area (Å²) in [5.41, 5.74) is -2.98. The minimum absolute atomic E-state index is 0.0870. The van der Waals surface area contributed by atoms with Crippen LogP contribution in [0.4, 0.5) is 0 Å². The summed E-state index contributed by atoms with van der Waals surface area (Å²) in [6, 6.07) is 0. The second kappa shape index (κ2) is 20.6. The highest BCUT2D eigenvalue weighted by molar-refractivity contribution is 5.79. The fraction of sp³-hybridized carbons (Fsp3) is 0.954. The van der Waals surface area contributed by atoms with Gasteiger partial charge in [0.15, 0.2) is 0 Å². The van der Waals surface area contributed by atoms with Gasteiger partial charge >= 0.3 is 17.9 Å². The van der Waals surface area contributed by atoms with Gasteiger partial charge in [0.1, 0.15) is 19.8 Å². The summed E-state index contributed by atoms with van der Waals surface area (Å²) in [5, 5.41) is 11.7. The zero-order chi connectivity index (χ0) is 51.8. The maximum Gasteiger partial charge on any atom is 0.312 e. The van der Waals surface area contributed by atoms with Crippen LogP contribution in [0.15, 0.2) is 0 Å². The lowest BCUT2D eigenvalue weighted by atomic mass is 9.43. The van der Waals surface area contributed by atoms with E-state index in [9.17, 15) is 5.11 Å². The van der Waals surface area contributed by atoms with Crippen LogP contribution in [0.3, 0.4) is 0 Å². The molecule has 18 atom stereocenters. The third-order valence-corrected chi connectivity index (χ3v) is 26.1. The number of ether oxygens (including phenoxy) is 3. The van der Waals surface area contributed by atoms with Crippen molar-refractivity contribution in [2.24, 2.45) is 127 Å². The summed E-state index contributed by atoms with van der Waals surface area (Å²) >= 11 is 0. The second-order valence-corrected chi connectivity index (χ2v) is 30.7. The third kappa shape index (κ3) is 9.43. The number of esters is 3. The van der Waals surface area contributed by atoms with Crippen molar-refractivity contribution in [3.63, 3.8) is 0 Å². The van der Waals surface area contributed by atoms with Crippen LogP contribution in [0, 0.1) is 127 Å². The lowest BCUT2D eigenvalue weighted by Gasteiger charge is -2.61. The Morgan fingerprint density at radius 2 is 0.708 bits per heavy atom. The van der Waals surface area contributed by atoms with Gasteiger partial charge in [-0.05, 0) is 261 Å². The van der Waals surface area contributed by atoms with Crippen LogP contribution in [0.2, 0.25) is 0 Å². The van der Waals surface area contributed by atoms with Crippen molar-refractivity contribution >= 4 is 17.9 Å². The summed E-state index contributed by atoms with van der Waals surface area (Å²) < 4.78 is 19.9. The molecule has 410 valence electrons. The van der Waals surface area contributed by atoms with Gasteiger partial charge in [-0.3, -0.25) is 14.4 Å². The molecular formula is C65H108O7. The van der Waals surface area contributed by atoms with Crippen LogP contribution in [-0.4, -0.2) is 49.4 Å². The summed E-state index contributed by atoms with van der Waals surface area (Å²) in [7, 11) is 0. The van der Waals surface area contributed by atoms with Crippen molar-refractivity contribution in [2.45, 2.75) is 237 Å². The normalized spacial score (nSPS) is 46.8. The lowest BCUT2D eigenvalue weighted by Crippen LogP contribution is -2.57. The predicted octanol–water partition coefficient (Wildman–Crippen LogP) is 15.5. The molecule has 0 aromatic rings. The third-order valence-electron chi connectivity index (χ3n) is 26.1. The molecule has 0 amide bonds. The number of hydrogen-bond donors (Lipinski definition) is 1. The Hall–Kier alpha value is -1.63. The number of carbonyl (C=O) groups is 3. The van der Waals surface area contributed by atoms with Crippen LogP contribution >= 0.6 is 0 Å². The minimum atomic E-state index is -1.29. The molecule has 9 saturated carbocycles. The molecule has 9 fully saturated rings. The molecule has 0 saturated heterocycles. The Morgan fingerprint density at radius 1 is 0.431 bits per heavy atom. The Balaban J connectivity index is 0.941. The van der Waals surface area contributed by atoms with E-state index >= 15 is 14.4 Å². The number of rotatable bonds is 13. The van der Waals surface area contributed by atoms with E-state index in [2.05, 4.69) is 83.1 Å². The van der Waals surface area contributed by atoms with Gasteiger partial charge in [0.25, 0.3) is 0 Å². The molecule has 0 aliphatic heterocycles. The van der Waals surface area contributed by atoms with E-state index in [1.807, 2.05) is 0 Å². The van der Waals surface area contributed by atoms with E-state index in [-0.39, 0.29) is 71.7 Å². The van der Waals surface area contributed by atoms with Crippen molar-refractivity contribution in [3.8, 4) is 0 Å². The van der Waals surface area contributed by atoms with Gasteiger partial charge in [-0.1, -0.05) is 81.6 Å². The van der Waals surface area contributed by atoms with Crippen LogP contribution in [0.5, 0.6) is 0 Å². The van der Waals surface area contributed by atoms with Crippen molar-refractivity contribution in [1.29, 1.82) is 0 Å². The smallest absolute Gasteiger partial charge is 0.312 e. The largest absolute Gasteiger partial charge is 0.464 e. The van der Waals surface area contributed by atoms with Crippen molar-refractivity contribution < 1.29 is 33.7 Å². The SMILES string of the molecule is CC(C)C1CCC2C(CCC3C(C)(C(=O)OCC(CO)(COC(=O)C4(C)CCCC5(C)C6CCC(C(C)C)CC6CCC45)COC(=O)C4(C)CCCC5(C)C6CCC(C(C)C)CC6CCC45)CCCC23C)C1. The molecule has 7 nitrogen and oxygen atoms in total. The molecule has 0 radical (unpaired) electrons. The highest BCUT2D eigenvalue weighted by atomic mass is 16.6. The topological polar surface area (TPSA) is 99.1 Å².